The fourth-order valence-corrected chi connectivity index (χ4v) is 4.76. The average Bonchev–Trinajstić information content (AvgIpc) is 2.85. The maximum Gasteiger partial charge on any atom is 0.142 e. The second kappa shape index (κ2) is 11.9. The molecule has 0 aliphatic rings. The summed E-state index contributed by atoms with van der Waals surface area (Å²) in [6.07, 6.45) is 6.90. The first-order chi connectivity index (χ1) is 17.4. The fraction of sp³-hybridized carbons (Fsp3) is 0.290. The third-order valence-electron chi connectivity index (χ3n) is 6.66. The second-order valence-corrected chi connectivity index (χ2v) is 9.73. The summed E-state index contributed by atoms with van der Waals surface area (Å²) in [6.45, 7) is 2.15. The molecule has 0 heterocycles. The molecule has 0 bridgehead atoms. The van der Waals surface area contributed by atoms with Crippen LogP contribution in [0.4, 0.5) is 17.6 Å². The van der Waals surface area contributed by atoms with E-state index in [0.29, 0.717) is 46.7 Å². The minimum absolute atomic E-state index is 0.0522. The van der Waals surface area contributed by atoms with Crippen molar-refractivity contribution >= 4 is 22.4 Å². The van der Waals surface area contributed by atoms with Crippen LogP contribution in [0, 0.1) is 23.3 Å². The van der Waals surface area contributed by atoms with Gasteiger partial charge in [-0.05, 0) is 83.7 Å². The third kappa shape index (κ3) is 6.10. The van der Waals surface area contributed by atoms with Crippen LogP contribution in [0.1, 0.15) is 55.7 Å². The van der Waals surface area contributed by atoms with Crippen molar-refractivity contribution in [1.82, 2.24) is 0 Å². The van der Waals surface area contributed by atoms with Crippen LogP contribution < -0.4 is 0 Å². The molecule has 4 rings (SSSR count). The SMILES string of the molecule is CCCCCCCc1cc(F)c(-c2ccc3c(F)c(CCc4ccc(Cl)c(F)c4)ccc3c2)c(F)c1. The maximum atomic E-state index is 15.2. The Morgan fingerprint density at radius 2 is 1.36 bits per heavy atom. The molecule has 0 atom stereocenters. The van der Waals surface area contributed by atoms with Crippen molar-refractivity contribution < 1.29 is 17.6 Å². The molecule has 0 spiro atoms. The lowest BCUT2D eigenvalue weighted by Crippen LogP contribution is -1.98. The summed E-state index contributed by atoms with van der Waals surface area (Å²) >= 11 is 5.73. The number of benzene rings is 4. The van der Waals surface area contributed by atoms with Crippen LogP contribution >= 0.6 is 11.6 Å². The lowest BCUT2D eigenvalue weighted by atomic mass is 9.95. The molecular weight excluding hydrogens is 484 g/mol. The molecule has 0 aromatic heterocycles. The summed E-state index contributed by atoms with van der Waals surface area (Å²) in [5, 5.41) is 0.990. The highest BCUT2D eigenvalue weighted by Gasteiger charge is 2.16. The lowest BCUT2D eigenvalue weighted by Gasteiger charge is -2.11. The van der Waals surface area contributed by atoms with E-state index in [2.05, 4.69) is 6.92 Å². The van der Waals surface area contributed by atoms with Crippen molar-refractivity contribution in [3.05, 3.63) is 106 Å². The van der Waals surface area contributed by atoms with Gasteiger partial charge in [0.25, 0.3) is 0 Å². The van der Waals surface area contributed by atoms with Gasteiger partial charge < -0.3 is 0 Å². The Bertz CT molecular complexity index is 1340. The Hall–Kier alpha value is -2.85. The van der Waals surface area contributed by atoms with Crippen molar-refractivity contribution in [3.63, 3.8) is 0 Å². The van der Waals surface area contributed by atoms with Gasteiger partial charge in [0.2, 0.25) is 0 Å². The molecule has 0 nitrogen and oxygen atoms in total. The number of halogens is 5. The minimum atomic E-state index is -0.606. The van der Waals surface area contributed by atoms with E-state index >= 15 is 4.39 Å². The molecule has 0 aliphatic carbocycles. The average molecular weight is 513 g/mol. The Morgan fingerprint density at radius 1 is 0.639 bits per heavy atom. The number of unbranched alkanes of at least 4 members (excludes halogenated alkanes) is 4. The van der Waals surface area contributed by atoms with Gasteiger partial charge >= 0.3 is 0 Å². The van der Waals surface area contributed by atoms with Crippen LogP contribution in [0.2, 0.25) is 5.02 Å². The number of hydrogen-bond acceptors (Lipinski definition) is 0. The number of hydrogen-bond donors (Lipinski definition) is 0. The molecule has 0 unspecified atom stereocenters. The monoisotopic (exact) mass is 512 g/mol. The van der Waals surface area contributed by atoms with Gasteiger partial charge in [0.1, 0.15) is 23.3 Å². The molecule has 4 aromatic rings. The highest BCUT2D eigenvalue weighted by Crippen LogP contribution is 2.32. The summed E-state index contributed by atoms with van der Waals surface area (Å²) in [7, 11) is 0. The molecule has 188 valence electrons. The molecule has 0 amide bonds. The Morgan fingerprint density at radius 3 is 2.08 bits per heavy atom. The van der Waals surface area contributed by atoms with E-state index in [1.807, 2.05) is 0 Å². The molecule has 0 saturated heterocycles. The van der Waals surface area contributed by atoms with E-state index in [-0.39, 0.29) is 16.4 Å². The second-order valence-electron chi connectivity index (χ2n) is 9.32. The minimum Gasteiger partial charge on any atom is -0.206 e. The van der Waals surface area contributed by atoms with Crippen molar-refractivity contribution in [2.75, 3.05) is 0 Å². The molecule has 4 aromatic carbocycles. The van der Waals surface area contributed by atoms with Gasteiger partial charge in [-0.2, -0.15) is 0 Å². The molecular formula is C31H29ClF4. The van der Waals surface area contributed by atoms with Crippen molar-refractivity contribution in [2.24, 2.45) is 0 Å². The first kappa shape index (κ1) is 26.2. The van der Waals surface area contributed by atoms with E-state index in [1.54, 1.807) is 36.4 Å². The van der Waals surface area contributed by atoms with Crippen LogP contribution in [-0.4, -0.2) is 0 Å². The predicted octanol–water partition coefficient (Wildman–Crippen LogP) is 10.0. The first-order valence-electron chi connectivity index (χ1n) is 12.5. The largest absolute Gasteiger partial charge is 0.206 e. The zero-order valence-corrected chi connectivity index (χ0v) is 21.1. The van der Waals surface area contributed by atoms with E-state index in [0.717, 1.165) is 31.2 Å². The smallest absolute Gasteiger partial charge is 0.142 e. The number of aryl methyl sites for hydroxylation is 3. The predicted molar refractivity (Wildman–Crippen MR) is 141 cm³/mol. The van der Waals surface area contributed by atoms with Crippen molar-refractivity contribution in [3.8, 4) is 11.1 Å². The van der Waals surface area contributed by atoms with E-state index in [1.165, 1.54) is 30.7 Å². The van der Waals surface area contributed by atoms with Gasteiger partial charge in [-0.25, -0.2) is 17.6 Å². The molecule has 0 saturated carbocycles. The number of rotatable bonds is 10. The quantitative estimate of drug-likeness (QED) is 0.146. The molecule has 0 N–H and O–H groups in total. The zero-order valence-electron chi connectivity index (χ0n) is 20.3. The highest BCUT2D eigenvalue weighted by molar-refractivity contribution is 6.30. The van der Waals surface area contributed by atoms with Gasteiger partial charge in [0, 0.05) is 5.39 Å². The zero-order chi connectivity index (χ0) is 25.7. The van der Waals surface area contributed by atoms with Crippen molar-refractivity contribution in [2.45, 2.75) is 58.3 Å². The van der Waals surface area contributed by atoms with Crippen LogP contribution in [0.15, 0.2) is 60.7 Å². The molecule has 5 heteroatoms. The Labute approximate surface area is 214 Å². The highest BCUT2D eigenvalue weighted by atomic mass is 35.5. The summed E-state index contributed by atoms with van der Waals surface area (Å²) in [5.41, 5.74) is 2.15. The Kier molecular flexibility index (Phi) is 8.68. The van der Waals surface area contributed by atoms with E-state index < -0.39 is 17.5 Å². The first-order valence-corrected chi connectivity index (χ1v) is 12.9. The Balaban J connectivity index is 1.52. The maximum absolute atomic E-state index is 15.2. The van der Waals surface area contributed by atoms with Gasteiger partial charge in [0.05, 0.1) is 10.6 Å². The van der Waals surface area contributed by atoms with Crippen LogP contribution in [-0.2, 0) is 19.3 Å². The number of fused-ring (bicyclic) bond motifs is 1. The topological polar surface area (TPSA) is 0 Å². The summed E-state index contributed by atoms with van der Waals surface area (Å²) in [6, 6.07) is 15.5. The third-order valence-corrected chi connectivity index (χ3v) is 6.97. The molecule has 0 aliphatic heterocycles. The normalized spacial score (nSPS) is 11.4. The van der Waals surface area contributed by atoms with Gasteiger partial charge in [0.15, 0.2) is 0 Å². The van der Waals surface area contributed by atoms with Crippen LogP contribution in [0.25, 0.3) is 21.9 Å². The van der Waals surface area contributed by atoms with E-state index in [9.17, 15) is 13.2 Å². The van der Waals surface area contributed by atoms with Crippen molar-refractivity contribution in [1.29, 1.82) is 0 Å². The summed E-state index contributed by atoms with van der Waals surface area (Å²) in [5.74, 6) is -2.09. The van der Waals surface area contributed by atoms with Gasteiger partial charge in [-0.3, -0.25) is 0 Å². The van der Waals surface area contributed by atoms with Gasteiger partial charge in [-0.1, -0.05) is 74.5 Å². The summed E-state index contributed by atoms with van der Waals surface area (Å²) in [4.78, 5) is 0. The van der Waals surface area contributed by atoms with Gasteiger partial charge in [-0.15, -0.1) is 0 Å². The molecule has 0 fully saturated rings. The van der Waals surface area contributed by atoms with Crippen LogP contribution in [0.3, 0.4) is 0 Å². The summed E-state index contributed by atoms with van der Waals surface area (Å²) < 4.78 is 58.8. The molecule has 36 heavy (non-hydrogen) atoms. The molecule has 0 radical (unpaired) electrons. The van der Waals surface area contributed by atoms with E-state index in [4.69, 9.17) is 11.6 Å². The lowest BCUT2D eigenvalue weighted by molar-refractivity contribution is 0.581. The van der Waals surface area contributed by atoms with Crippen LogP contribution in [0.5, 0.6) is 0 Å². The fourth-order valence-electron chi connectivity index (χ4n) is 4.64. The standard InChI is InChI=1S/C31H29ClF4/c1-2-3-4-5-6-7-21-17-28(34)30(29(35)18-21)24-13-14-25-23(19-24)12-11-22(31(25)36)10-8-20-9-15-26(32)27(33)16-20/h9,11-19H,2-8,10H2,1H3.